The van der Waals surface area contributed by atoms with Gasteiger partial charge in [0, 0.05) is 6.20 Å². The van der Waals surface area contributed by atoms with Crippen molar-refractivity contribution < 1.29 is 4.79 Å². The van der Waals surface area contributed by atoms with E-state index in [-0.39, 0.29) is 5.91 Å². The first-order valence-electron chi connectivity index (χ1n) is 4.23. The number of nitrogens with one attached hydrogen (secondary N) is 2. The van der Waals surface area contributed by atoms with Crippen LogP contribution in [0, 0.1) is 16.7 Å². The van der Waals surface area contributed by atoms with E-state index in [1.807, 2.05) is 6.07 Å². The summed E-state index contributed by atoms with van der Waals surface area (Å²) in [6, 6.07) is 1.93. The number of imidazole rings is 1. The molecule has 0 fully saturated rings. The van der Waals surface area contributed by atoms with E-state index in [0.29, 0.717) is 6.54 Å². The van der Waals surface area contributed by atoms with Gasteiger partial charge in [0.25, 0.3) is 0 Å². The van der Waals surface area contributed by atoms with Gasteiger partial charge in [0.1, 0.15) is 5.41 Å². The minimum atomic E-state index is -0.986. The van der Waals surface area contributed by atoms with Crippen molar-refractivity contribution in [2.45, 2.75) is 20.4 Å². The van der Waals surface area contributed by atoms with Crippen molar-refractivity contribution in [2.24, 2.45) is 5.41 Å². The number of nitrogens with zero attached hydrogens (tertiary/aromatic N) is 2. The number of carbonyl (C=O) groups is 1. The van der Waals surface area contributed by atoms with E-state index in [9.17, 15) is 4.79 Å². The molecule has 0 aliphatic heterocycles. The highest BCUT2D eigenvalue weighted by Crippen LogP contribution is 2.12. The van der Waals surface area contributed by atoms with Gasteiger partial charge < -0.3 is 10.3 Å². The SMILES string of the molecule is CC(C)(C#N)C(=O)NCc1cnc[nH]1. The smallest absolute Gasteiger partial charge is 0.240 e. The first kappa shape index (κ1) is 10.3. The standard InChI is InChI=1S/C9H12N4O/c1-9(2,5-10)8(14)12-4-7-3-11-6-13-7/h3,6H,4H2,1-2H3,(H,11,13)(H,12,14). The molecule has 0 bridgehead atoms. The van der Waals surface area contributed by atoms with Crippen molar-refractivity contribution in [3.63, 3.8) is 0 Å². The van der Waals surface area contributed by atoms with Gasteiger partial charge in [0.2, 0.25) is 5.91 Å². The van der Waals surface area contributed by atoms with Crippen LogP contribution in [0.5, 0.6) is 0 Å². The molecule has 0 aliphatic rings. The Kier molecular flexibility index (Phi) is 2.87. The minimum Gasteiger partial charge on any atom is -0.349 e. The Morgan fingerprint density at radius 3 is 3.00 bits per heavy atom. The van der Waals surface area contributed by atoms with Crippen LogP contribution in [0.1, 0.15) is 19.5 Å². The van der Waals surface area contributed by atoms with Gasteiger partial charge in [-0.1, -0.05) is 0 Å². The van der Waals surface area contributed by atoms with Crippen LogP contribution in [0.15, 0.2) is 12.5 Å². The van der Waals surface area contributed by atoms with E-state index in [1.54, 1.807) is 20.0 Å². The maximum absolute atomic E-state index is 11.4. The number of amides is 1. The zero-order valence-corrected chi connectivity index (χ0v) is 8.16. The average molecular weight is 192 g/mol. The maximum atomic E-state index is 11.4. The topological polar surface area (TPSA) is 81.6 Å². The molecule has 0 spiro atoms. The molecule has 0 atom stereocenters. The van der Waals surface area contributed by atoms with E-state index in [2.05, 4.69) is 15.3 Å². The quantitative estimate of drug-likeness (QED) is 0.734. The van der Waals surface area contributed by atoms with Gasteiger partial charge >= 0.3 is 0 Å². The second kappa shape index (κ2) is 3.92. The van der Waals surface area contributed by atoms with Gasteiger partial charge in [-0.3, -0.25) is 4.79 Å². The van der Waals surface area contributed by atoms with Crippen LogP contribution in [0.3, 0.4) is 0 Å². The van der Waals surface area contributed by atoms with Crippen LogP contribution in [0.2, 0.25) is 0 Å². The van der Waals surface area contributed by atoms with E-state index in [0.717, 1.165) is 5.69 Å². The Morgan fingerprint density at radius 2 is 2.50 bits per heavy atom. The Hall–Kier alpha value is -1.83. The highest BCUT2D eigenvalue weighted by molar-refractivity contribution is 5.84. The molecule has 74 valence electrons. The Balaban J connectivity index is 2.48. The molecular formula is C9H12N4O. The lowest BCUT2D eigenvalue weighted by Crippen LogP contribution is -2.35. The molecule has 1 aromatic rings. The summed E-state index contributed by atoms with van der Waals surface area (Å²) in [5, 5.41) is 11.3. The third-order valence-electron chi connectivity index (χ3n) is 1.84. The summed E-state index contributed by atoms with van der Waals surface area (Å²) in [7, 11) is 0. The molecule has 1 amide bonds. The number of rotatable bonds is 3. The molecule has 0 saturated heterocycles. The third kappa shape index (κ3) is 2.33. The van der Waals surface area contributed by atoms with Crippen molar-refractivity contribution in [1.29, 1.82) is 5.26 Å². The number of aromatic amines is 1. The zero-order chi connectivity index (χ0) is 10.6. The second-order valence-corrected chi connectivity index (χ2v) is 3.50. The number of H-pyrrole nitrogens is 1. The fraction of sp³-hybridized carbons (Fsp3) is 0.444. The number of nitriles is 1. The monoisotopic (exact) mass is 192 g/mol. The molecule has 1 rings (SSSR count). The number of hydrogen-bond donors (Lipinski definition) is 2. The minimum absolute atomic E-state index is 0.283. The number of hydrogen-bond acceptors (Lipinski definition) is 3. The summed E-state index contributed by atoms with van der Waals surface area (Å²) in [6.45, 7) is 3.52. The first-order valence-corrected chi connectivity index (χ1v) is 4.23. The molecular weight excluding hydrogens is 180 g/mol. The highest BCUT2D eigenvalue weighted by Gasteiger charge is 2.26. The predicted octanol–water partition coefficient (Wildman–Crippen LogP) is 0.576. The molecule has 1 heterocycles. The summed E-state index contributed by atoms with van der Waals surface area (Å²) < 4.78 is 0. The molecule has 2 N–H and O–H groups in total. The van der Waals surface area contributed by atoms with Crippen molar-refractivity contribution in [3.05, 3.63) is 18.2 Å². The molecule has 5 heteroatoms. The predicted molar refractivity (Wildman–Crippen MR) is 49.8 cm³/mol. The Labute approximate surface area is 82.2 Å². The van der Waals surface area contributed by atoms with E-state index in [1.165, 1.54) is 6.33 Å². The van der Waals surface area contributed by atoms with Gasteiger partial charge in [0.15, 0.2) is 0 Å². The largest absolute Gasteiger partial charge is 0.349 e. The Bertz CT molecular complexity index is 347. The molecule has 0 aliphatic carbocycles. The van der Waals surface area contributed by atoms with Crippen LogP contribution in [0.25, 0.3) is 0 Å². The molecule has 0 unspecified atom stereocenters. The Morgan fingerprint density at radius 1 is 1.79 bits per heavy atom. The van der Waals surface area contributed by atoms with Gasteiger partial charge in [-0.25, -0.2) is 4.98 Å². The molecule has 14 heavy (non-hydrogen) atoms. The van der Waals surface area contributed by atoms with Crippen LogP contribution in [0.4, 0.5) is 0 Å². The summed E-state index contributed by atoms with van der Waals surface area (Å²) in [5.41, 5.74) is -0.174. The summed E-state index contributed by atoms with van der Waals surface area (Å²) in [5.74, 6) is -0.283. The summed E-state index contributed by atoms with van der Waals surface area (Å²) in [6.07, 6.45) is 3.16. The summed E-state index contributed by atoms with van der Waals surface area (Å²) in [4.78, 5) is 18.1. The van der Waals surface area contributed by atoms with Gasteiger partial charge in [-0.2, -0.15) is 5.26 Å². The average Bonchev–Trinajstić information content (AvgIpc) is 2.66. The van der Waals surface area contributed by atoms with Gasteiger partial charge in [-0.05, 0) is 13.8 Å². The van der Waals surface area contributed by atoms with E-state index >= 15 is 0 Å². The normalized spacial score (nSPS) is 10.6. The van der Waals surface area contributed by atoms with E-state index < -0.39 is 5.41 Å². The molecule has 0 radical (unpaired) electrons. The second-order valence-electron chi connectivity index (χ2n) is 3.50. The van der Waals surface area contributed by atoms with Crippen LogP contribution in [-0.2, 0) is 11.3 Å². The van der Waals surface area contributed by atoms with Crippen molar-refractivity contribution >= 4 is 5.91 Å². The molecule has 0 saturated carbocycles. The molecule has 5 nitrogen and oxygen atoms in total. The van der Waals surface area contributed by atoms with Crippen LogP contribution in [-0.4, -0.2) is 15.9 Å². The fourth-order valence-corrected chi connectivity index (χ4v) is 0.829. The van der Waals surface area contributed by atoms with Gasteiger partial charge in [-0.15, -0.1) is 0 Å². The van der Waals surface area contributed by atoms with E-state index in [4.69, 9.17) is 5.26 Å². The zero-order valence-electron chi connectivity index (χ0n) is 8.16. The maximum Gasteiger partial charge on any atom is 0.240 e. The summed E-state index contributed by atoms with van der Waals surface area (Å²) >= 11 is 0. The third-order valence-corrected chi connectivity index (χ3v) is 1.84. The van der Waals surface area contributed by atoms with Gasteiger partial charge in [0.05, 0.1) is 24.6 Å². The molecule has 0 aromatic carbocycles. The van der Waals surface area contributed by atoms with Crippen LogP contribution >= 0.6 is 0 Å². The number of carbonyl (C=O) groups excluding carboxylic acids is 1. The van der Waals surface area contributed by atoms with Crippen molar-refractivity contribution in [3.8, 4) is 6.07 Å². The van der Waals surface area contributed by atoms with Crippen molar-refractivity contribution in [1.82, 2.24) is 15.3 Å². The fourth-order valence-electron chi connectivity index (χ4n) is 0.829. The van der Waals surface area contributed by atoms with Crippen molar-refractivity contribution in [2.75, 3.05) is 0 Å². The van der Waals surface area contributed by atoms with Crippen LogP contribution < -0.4 is 5.32 Å². The molecule has 1 aromatic heterocycles. The lowest BCUT2D eigenvalue weighted by molar-refractivity contribution is -0.126. The first-order chi connectivity index (χ1) is 6.56. The lowest BCUT2D eigenvalue weighted by atomic mass is 9.95. The highest BCUT2D eigenvalue weighted by atomic mass is 16.2. The number of aromatic nitrogens is 2. The lowest BCUT2D eigenvalue weighted by Gasteiger charge is -2.14.